The van der Waals surface area contributed by atoms with Crippen LogP contribution in [-0.2, 0) is 6.54 Å². The van der Waals surface area contributed by atoms with Crippen molar-refractivity contribution in [3.8, 4) is 0 Å². The van der Waals surface area contributed by atoms with E-state index in [1.54, 1.807) is 0 Å². The molecule has 2 N–H and O–H groups in total. The number of rotatable bonds is 4. The number of para-hydroxylation sites is 1. The lowest BCUT2D eigenvalue weighted by Crippen LogP contribution is -2.34. The summed E-state index contributed by atoms with van der Waals surface area (Å²) in [6, 6.07) is 16.3. The highest BCUT2D eigenvalue weighted by Gasteiger charge is 2.16. The topological polar surface area (TPSA) is 27.3 Å². The first-order chi connectivity index (χ1) is 12.1. The van der Waals surface area contributed by atoms with Crippen LogP contribution in [0.15, 0.2) is 48.5 Å². The summed E-state index contributed by atoms with van der Waals surface area (Å²) in [5.74, 6) is 0.781. The molecule has 0 bridgehead atoms. The van der Waals surface area contributed by atoms with Gasteiger partial charge in [-0.25, -0.2) is 0 Å². The average Bonchev–Trinajstić information content (AvgIpc) is 2.62. The molecule has 2 aromatic rings. The highest BCUT2D eigenvalue weighted by atomic mass is 35.5. The van der Waals surface area contributed by atoms with Crippen LogP contribution in [0, 0.1) is 5.92 Å². The van der Waals surface area contributed by atoms with E-state index in [-0.39, 0.29) is 0 Å². The Kier molecular flexibility index (Phi) is 6.16. The van der Waals surface area contributed by atoms with Crippen LogP contribution in [0.2, 0.25) is 5.02 Å². The second-order valence-electron chi connectivity index (χ2n) is 6.65. The Hall–Kier alpha value is -1.78. The maximum atomic E-state index is 6.13. The highest BCUT2D eigenvalue weighted by Crippen LogP contribution is 2.23. The van der Waals surface area contributed by atoms with Crippen molar-refractivity contribution in [3.63, 3.8) is 0 Å². The largest absolute Gasteiger partial charge is 0.371 e. The second kappa shape index (κ2) is 8.54. The Morgan fingerprint density at radius 3 is 2.68 bits per heavy atom. The molecular weight excluding hydrogens is 350 g/mol. The minimum Gasteiger partial charge on any atom is -0.371 e. The van der Waals surface area contributed by atoms with Gasteiger partial charge in [0, 0.05) is 25.3 Å². The summed E-state index contributed by atoms with van der Waals surface area (Å²) in [4.78, 5) is 2.48. The van der Waals surface area contributed by atoms with E-state index in [0.717, 1.165) is 24.7 Å². The number of benzene rings is 2. The number of anilines is 2. The van der Waals surface area contributed by atoms with Gasteiger partial charge in [-0.3, -0.25) is 0 Å². The fourth-order valence-electron chi connectivity index (χ4n) is 3.16. The molecule has 0 amide bonds. The number of nitrogens with one attached hydrogen (secondary N) is 2. The van der Waals surface area contributed by atoms with E-state index in [2.05, 4.69) is 46.7 Å². The Morgan fingerprint density at radius 2 is 1.96 bits per heavy atom. The summed E-state index contributed by atoms with van der Waals surface area (Å²) in [7, 11) is 0. The number of thiocarbonyl (C=S) groups is 1. The minimum absolute atomic E-state index is 0.571. The standard InChI is InChI=1S/C20H24ClN3S/c1-15-5-4-12-24(14-15)17-10-8-16(9-11-17)13-22-20(25)23-19-7-3-2-6-18(19)21/h2-3,6-11,15H,4-5,12-14H2,1H3,(H2,22,23,25)/t15-/m1/s1. The molecule has 132 valence electrons. The molecule has 0 radical (unpaired) electrons. The summed E-state index contributed by atoms with van der Waals surface area (Å²) in [5.41, 5.74) is 3.33. The van der Waals surface area contributed by atoms with E-state index < -0.39 is 0 Å². The van der Waals surface area contributed by atoms with Crippen molar-refractivity contribution in [2.24, 2.45) is 5.92 Å². The van der Waals surface area contributed by atoms with Crippen molar-refractivity contribution in [1.82, 2.24) is 5.32 Å². The zero-order valence-electron chi connectivity index (χ0n) is 14.5. The fourth-order valence-corrected chi connectivity index (χ4v) is 3.53. The lowest BCUT2D eigenvalue weighted by molar-refractivity contribution is 0.447. The first-order valence-corrected chi connectivity index (χ1v) is 9.54. The lowest BCUT2D eigenvalue weighted by Gasteiger charge is -2.32. The van der Waals surface area contributed by atoms with Gasteiger partial charge in [-0.2, -0.15) is 0 Å². The maximum Gasteiger partial charge on any atom is 0.171 e. The summed E-state index contributed by atoms with van der Waals surface area (Å²) in [6.07, 6.45) is 2.63. The number of piperidine rings is 1. The third-order valence-electron chi connectivity index (χ3n) is 4.53. The zero-order chi connectivity index (χ0) is 17.6. The van der Waals surface area contributed by atoms with Crippen LogP contribution in [0.3, 0.4) is 0 Å². The molecule has 5 heteroatoms. The molecule has 1 fully saturated rings. The molecule has 0 spiro atoms. The summed E-state index contributed by atoms with van der Waals surface area (Å²) < 4.78 is 0. The first-order valence-electron chi connectivity index (χ1n) is 8.75. The molecule has 0 aromatic heterocycles. The minimum atomic E-state index is 0.571. The molecule has 1 saturated heterocycles. The molecule has 1 aliphatic heterocycles. The van der Waals surface area contributed by atoms with Crippen LogP contribution < -0.4 is 15.5 Å². The van der Waals surface area contributed by atoms with Crippen LogP contribution in [0.25, 0.3) is 0 Å². The van der Waals surface area contributed by atoms with Gasteiger partial charge in [0.2, 0.25) is 0 Å². The molecule has 1 atom stereocenters. The predicted molar refractivity (Wildman–Crippen MR) is 112 cm³/mol. The second-order valence-corrected chi connectivity index (χ2v) is 7.46. The van der Waals surface area contributed by atoms with E-state index in [0.29, 0.717) is 16.7 Å². The number of halogens is 1. The van der Waals surface area contributed by atoms with Crippen LogP contribution in [0.1, 0.15) is 25.3 Å². The van der Waals surface area contributed by atoms with E-state index in [1.165, 1.54) is 24.1 Å². The van der Waals surface area contributed by atoms with Crippen molar-refractivity contribution in [2.75, 3.05) is 23.3 Å². The van der Waals surface area contributed by atoms with Gasteiger partial charge in [-0.1, -0.05) is 42.8 Å². The van der Waals surface area contributed by atoms with Gasteiger partial charge in [-0.05, 0) is 60.8 Å². The fraction of sp³-hybridized carbons (Fsp3) is 0.350. The first kappa shape index (κ1) is 18.0. The number of hydrogen-bond donors (Lipinski definition) is 2. The van der Waals surface area contributed by atoms with Crippen LogP contribution >= 0.6 is 23.8 Å². The van der Waals surface area contributed by atoms with Crippen LogP contribution in [0.4, 0.5) is 11.4 Å². The quantitative estimate of drug-likeness (QED) is 0.732. The van der Waals surface area contributed by atoms with E-state index in [1.807, 2.05) is 24.3 Å². The Balaban J connectivity index is 1.51. The smallest absolute Gasteiger partial charge is 0.171 e. The summed E-state index contributed by atoms with van der Waals surface area (Å²) in [6.45, 7) is 5.33. The van der Waals surface area contributed by atoms with Gasteiger partial charge in [0.25, 0.3) is 0 Å². The highest BCUT2D eigenvalue weighted by molar-refractivity contribution is 7.80. The molecule has 1 heterocycles. The van der Waals surface area contributed by atoms with E-state index >= 15 is 0 Å². The SMILES string of the molecule is C[C@@H]1CCCN(c2ccc(CNC(=S)Nc3ccccc3Cl)cc2)C1. The number of nitrogens with zero attached hydrogens (tertiary/aromatic N) is 1. The predicted octanol–water partition coefficient (Wildman–Crippen LogP) is 5.06. The third-order valence-corrected chi connectivity index (χ3v) is 5.11. The van der Waals surface area contributed by atoms with Crippen molar-refractivity contribution < 1.29 is 0 Å². The molecule has 3 nitrogen and oxygen atoms in total. The lowest BCUT2D eigenvalue weighted by atomic mass is 9.99. The monoisotopic (exact) mass is 373 g/mol. The van der Waals surface area contributed by atoms with Crippen LogP contribution in [-0.4, -0.2) is 18.2 Å². The van der Waals surface area contributed by atoms with Gasteiger partial charge in [0.05, 0.1) is 10.7 Å². The summed E-state index contributed by atoms with van der Waals surface area (Å²) in [5, 5.41) is 7.59. The van der Waals surface area contributed by atoms with Crippen molar-refractivity contribution in [3.05, 3.63) is 59.1 Å². The molecular formula is C20H24ClN3S. The van der Waals surface area contributed by atoms with Gasteiger partial charge < -0.3 is 15.5 Å². The van der Waals surface area contributed by atoms with Crippen LogP contribution in [0.5, 0.6) is 0 Å². The Bertz CT molecular complexity index is 717. The zero-order valence-corrected chi connectivity index (χ0v) is 16.0. The number of hydrogen-bond acceptors (Lipinski definition) is 2. The Labute approximate surface area is 160 Å². The molecule has 0 unspecified atom stereocenters. The van der Waals surface area contributed by atoms with Gasteiger partial charge in [0.1, 0.15) is 0 Å². The summed E-state index contributed by atoms with van der Waals surface area (Å²) >= 11 is 11.5. The van der Waals surface area contributed by atoms with Gasteiger partial charge >= 0.3 is 0 Å². The molecule has 0 aliphatic carbocycles. The van der Waals surface area contributed by atoms with E-state index in [9.17, 15) is 0 Å². The van der Waals surface area contributed by atoms with Gasteiger partial charge in [-0.15, -0.1) is 0 Å². The normalized spacial score (nSPS) is 17.2. The van der Waals surface area contributed by atoms with Crippen molar-refractivity contribution in [1.29, 1.82) is 0 Å². The van der Waals surface area contributed by atoms with Crippen molar-refractivity contribution in [2.45, 2.75) is 26.3 Å². The Morgan fingerprint density at radius 1 is 1.20 bits per heavy atom. The molecule has 0 saturated carbocycles. The van der Waals surface area contributed by atoms with Gasteiger partial charge in [0.15, 0.2) is 5.11 Å². The average molecular weight is 374 g/mol. The third kappa shape index (κ3) is 5.10. The maximum absolute atomic E-state index is 6.13. The molecule has 2 aromatic carbocycles. The van der Waals surface area contributed by atoms with E-state index in [4.69, 9.17) is 23.8 Å². The molecule has 3 rings (SSSR count). The molecule has 25 heavy (non-hydrogen) atoms. The van der Waals surface area contributed by atoms with Crippen molar-refractivity contribution >= 4 is 40.3 Å². The molecule has 1 aliphatic rings.